The number of fused-ring (bicyclic) bond motifs is 1. The van der Waals surface area contributed by atoms with Crippen LogP contribution >= 0.6 is 24.0 Å². The first kappa shape index (κ1) is 22.3. The van der Waals surface area contributed by atoms with E-state index in [1.165, 1.54) is 11.1 Å². The molecule has 1 N–H and O–H groups in total. The van der Waals surface area contributed by atoms with Crippen LogP contribution in [-0.2, 0) is 19.4 Å². The van der Waals surface area contributed by atoms with Gasteiger partial charge in [-0.1, -0.05) is 5.16 Å². The fourth-order valence-electron chi connectivity index (χ4n) is 3.28. The van der Waals surface area contributed by atoms with Gasteiger partial charge >= 0.3 is 0 Å². The Hall–Kier alpha value is -2.04. The summed E-state index contributed by atoms with van der Waals surface area (Å²) in [5, 5.41) is 7.24. The third kappa shape index (κ3) is 5.27. The zero-order valence-electron chi connectivity index (χ0n) is 16.8. The average Bonchev–Trinajstić information content (AvgIpc) is 3.11. The number of nitrogens with one attached hydrogen (secondary N) is 1. The minimum Gasteiger partial charge on any atom is -0.493 e. The molecule has 0 bridgehead atoms. The van der Waals surface area contributed by atoms with E-state index in [1.54, 1.807) is 14.2 Å². The topological polar surface area (TPSA) is 85.0 Å². The van der Waals surface area contributed by atoms with Gasteiger partial charge in [-0.3, -0.25) is 4.99 Å². The summed E-state index contributed by atoms with van der Waals surface area (Å²) in [4.78, 5) is 10.9. The zero-order chi connectivity index (χ0) is 19.2. The fourth-order valence-corrected chi connectivity index (χ4v) is 3.28. The second-order valence-electron chi connectivity index (χ2n) is 6.46. The Bertz CT molecular complexity index is 809. The molecule has 2 heterocycles. The Kier molecular flexibility index (Phi) is 8.34. The second-order valence-corrected chi connectivity index (χ2v) is 6.46. The summed E-state index contributed by atoms with van der Waals surface area (Å²) in [5.41, 5.74) is 2.54. The molecule has 1 aromatic carbocycles. The molecule has 8 nitrogen and oxygen atoms in total. The molecule has 154 valence electrons. The molecule has 0 saturated carbocycles. The first-order valence-electron chi connectivity index (χ1n) is 9.13. The maximum absolute atomic E-state index is 5.44. The van der Waals surface area contributed by atoms with E-state index < -0.39 is 0 Å². The molecule has 1 aromatic heterocycles. The lowest BCUT2D eigenvalue weighted by Crippen LogP contribution is -2.44. The van der Waals surface area contributed by atoms with Gasteiger partial charge in [0.05, 0.1) is 14.2 Å². The van der Waals surface area contributed by atoms with Gasteiger partial charge in [0, 0.05) is 33.1 Å². The highest BCUT2D eigenvalue weighted by Crippen LogP contribution is 2.33. The summed E-state index contributed by atoms with van der Waals surface area (Å²) >= 11 is 0. The zero-order valence-corrected chi connectivity index (χ0v) is 19.1. The SMILES string of the molecule is CN=C(NCCCc1nc(C)no1)N1CCc2cc(OC)c(OC)cc2C1.I. The van der Waals surface area contributed by atoms with Crippen molar-refractivity contribution in [2.24, 2.45) is 4.99 Å². The molecule has 0 spiro atoms. The third-order valence-corrected chi connectivity index (χ3v) is 4.65. The van der Waals surface area contributed by atoms with Crippen LogP contribution in [0.1, 0.15) is 29.3 Å². The summed E-state index contributed by atoms with van der Waals surface area (Å²) in [6.07, 6.45) is 2.60. The number of hydrogen-bond donors (Lipinski definition) is 1. The number of ether oxygens (including phenoxy) is 2. The van der Waals surface area contributed by atoms with Crippen LogP contribution in [0.25, 0.3) is 0 Å². The Labute approximate surface area is 182 Å². The van der Waals surface area contributed by atoms with Gasteiger partial charge in [0.15, 0.2) is 23.3 Å². The van der Waals surface area contributed by atoms with E-state index in [9.17, 15) is 0 Å². The summed E-state index contributed by atoms with van der Waals surface area (Å²) in [5.74, 6) is 3.79. The van der Waals surface area contributed by atoms with Crippen molar-refractivity contribution in [1.82, 2.24) is 20.4 Å². The number of methoxy groups -OCH3 is 2. The smallest absolute Gasteiger partial charge is 0.226 e. The van der Waals surface area contributed by atoms with Crippen molar-refractivity contribution in [2.45, 2.75) is 32.7 Å². The van der Waals surface area contributed by atoms with Crippen molar-refractivity contribution in [3.63, 3.8) is 0 Å². The van der Waals surface area contributed by atoms with Gasteiger partial charge in [0.2, 0.25) is 5.89 Å². The number of aromatic nitrogens is 2. The maximum atomic E-state index is 5.44. The Balaban J connectivity index is 0.00000280. The molecule has 0 aliphatic carbocycles. The minimum atomic E-state index is 0. The van der Waals surface area contributed by atoms with Crippen molar-refractivity contribution in [3.05, 3.63) is 35.0 Å². The van der Waals surface area contributed by atoms with Crippen LogP contribution < -0.4 is 14.8 Å². The predicted octanol–water partition coefficient (Wildman–Crippen LogP) is 2.58. The van der Waals surface area contributed by atoms with Crippen molar-refractivity contribution in [3.8, 4) is 11.5 Å². The number of guanidine groups is 1. The molecule has 1 aliphatic rings. The van der Waals surface area contributed by atoms with Crippen molar-refractivity contribution in [1.29, 1.82) is 0 Å². The van der Waals surface area contributed by atoms with Crippen molar-refractivity contribution >= 4 is 29.9 Å². The number of benzene rings is 1. The van der Waals surface area contributed by atoms with Crippen LogP contribution in [0.3, 0.4) is 0 Å². The third-order valence-electron chi connectivity index (χ3n) is 4.65. The fraction of sp³-hybridized carbons (Fsp3) is 0.526. The average molecular weight is 501 g/mol. The van der Waals surface area contributed by atoms with Crippen LogP contribution in [0.2, 0.25) is 0 Å². The molecule has 2 aromatic rings. The lowest BCUT2D eigenvalue weighted by atomic mass is 9.99. The van der Waals surface area contributed by atoms with Gasteiger partial charge in [-0.25, -0.2) is 0 Å². The van der Waals surface area contributed by atoms with Crippen LogP contribution in [0.15, 0.2) is 21.6 Å². The van der Waals surface area contributed by atoms with E-state index in [-0.39, 0.29) is 24.0 Å². The minimum absolute atomic E-state index is 0. The van der Waals surface area contributed by atoms with E-state index in [4.69, 9.17) is 14.0 Å². The summed E-state index contributed by atoms with van der Waals surface area (Å²) in [6, 6.07) is 4.14. The number of hydrogen-bond acceptors (Lipinski definition) is 6. The molecule has 0 radical (unpaired) electrons. The molecule has 1 aliphatic heterocycles. The highest BCUT2D eigenvalue weighted by molar-refractivity contribution is 14.0. The monoisotopic (exact) mass is 501 g/mol. The molecule has 3 rings (SSSR count). The van der Waals surface area contributed by atoms with Crippen molar-refractivity contribution < 1.29 is 14.0 Å². The standard InChI is InChI=1S/C19H27N5O3.HI/c1-13-22-18(27-23-13)6-5-8-21-19(20-2)24-9-7-14-10-16(25-3)17(26-4)11-15(14)12-24;/h10-11H,5-9,12H2,1-4H3,(H,20,21);1H. The number of aryl methyl sites for hydroxylation is 2. The Morgan fingerprint density at radius 2 is 1.96 bits per heavy atom. The largest absolute Gasteiger partial charge is 0.493 e. The molecule has 28 heavy (non-hydrogen) atoms. The Morgan fingerprint density at radius 3 is 2.57 bits per heavy atom. The van der Waals surface area contributed by atoms with E-state index in [0.29, 0.717) is 11.7 Å². The number of rotatable bonds is 6. The van der Waals surface area contributed by atoms with E-state index in [1.807, 2.05) is 14.0 Å². The highest BCUT2D eigenvalue weighted by atomic mass is 127. The Morgan fingerprint density at radius 1 is 1.25 bits per heavy atom. The van der Waals surface area contributed by atoms with E-state index in [0.717, 1.165) is 56.4 Å². The van der Waals surface area contributed by atoms with Crippen LogP contribution in [0.5, 0.6) is 11.5 Å². The number of halogens is 1. The maximum Gasteiger partial charge on any atom is 0.226 e. The normalized spacial score (nSPS) is 13.6. The molecule has 0 amide bonds. The van der Waals surface area contributed by atoms with E-state index in [2.05, 4.69) is 37.5 Å². The van der Waals surface area contributed by atoms with E-state index >= 15 is 0 Å². The first-order valence-corrected chi connectivity index (χ1v) is 9.13. The summed E-state index contributed by atoms with van der Waals surface area (Å²) in [6.45, 7) is 4.32. The van der Waals surface area contributed by atoms with Crippen molar-refractivity contribution in [2.75, 3.05) is 34.4 Å². The number of nitrogens with zero attached hydrogens (tertiary/aromatic N) is 4. The lowest BCUT2D eigenvalue weighted by Gasteiger charge is -2.32. The van der Waals surface area contributed by atoms with Gasteiger partial charge in [0.25, 0.3) is 0 Å². The lowest BCUT2D eigenvalue weighted by molar-refractivity contribution is 0.345. The quantitative estimate of drug-likeness (QED) is 0.282. The predicted molar refractivity (Wildman–Crippen MR) is 118 cm³/mol. The summed E-state index contributed by atoms with van der Waals surface area (Å²) < 4.78 is 16.0. The molecule has 0 saturated heterocycles. The molecular weight excluding hydrogens is 473 g/mol. The second kappa shape index (κ2) is 10.5. The molecule has 0 fully saturated rings. The van der Waals surface area contributed by atoms with Gasteiger partial charge in [0.1, 0.15) is 0 Å². The number of aliphatic imine (C=N–C) groups is 1. The van der Waals surface area contributed by atoms with Gasteiger partial charge in [-0.05, 0) is 43.0 Å². The van der Waals surface area contributed by atoms with Crippen LogP contribution in [-0.4, -0.2) is 55.4 Å². The molecular formula is C19H28IN5O3. The van der Waals surface area contributed by atoms with Crippen LogP contribution in [0, 0.1) is 6.92 Å². The highest BCUT2D eigenvalue weighted by Gasteiger charge is 2.21. The van der Waals surface area contributed by atoms with Crippen LogP contribution in [0.4, 0.5) is 0 Å². The van der Waals surface area contributed by atoms with Gasteiger partial charge in [-0.2, -0.15) is 4.98 Å². The molecule has 9 heteroatoms. The van der Waals surface area contributed by atoms with Gasteiger partial charge < -0.3 is 24.2 Å². The molecule has 0 unspecified atom stereocenters. The van der Waals surface area contributed by atoms with Gasteiger partial charge in [-0.15, -0.1) is 24.0 Å². The first-order chi connectivity index (χ1) is 13.1. The summed E-state index contributed by atoms with van der Waals surface area (Å²) in [7, 11) is 5.14. The molecule has 0 atom stereocenters.